The van der Waals surface area contributed by atoms with Crippen molar-refractivity contribution in [1.29, 1.82) is 0 Å². The third-order valence-electron chi connectivity index (χ3n) is 5.74. The summed E-state index contributed by atoms with van der Waals surface area (Å²) >= 11 is 0. The fourth-order valence-electron chi connectivity index (χ4n) is 4.11. The van der Waals surface area contributed by atoms with Crippen LogP contribution in [0.4, 0.5) is 0 Å². The molecule has 1 radical (unpaired) electrons. The molecule has 0 aliphatic rings. The zero-order chi connectivity index (χ0) is 23.5. The average Bonchev–Trinajstić information content (AvgIpc) is 3.34. The Morgan fingerprint density at radius 1 is 0.556 bits per heavy atom. The number of aromatic nitrogens is 3. The van der Waals surface area contributed by atoms with Crippen LogP contribution in [0.25, 0.3) is 55.4 Å². The zero-order valence-electron chi connectivity index (χ0n) is 19.1. The van der Waals surface area contributed by atoms with Crippen LogP contribution in [-0.2, 0) is 20.1 Å². The Labute approximate surface area is 222 Å². The van der Waals surface area contributed by atoms with E-state index in [2.05, 4.69) is 39.2 Å². The number of furan rings is 1. The monoisotopic (exact) mass is 642 g/mol. The van der Waals surface area contributed by atoms with E-state index < -0.39 is 0 Å². The summed E-state index contributed by atoms with van der Waals surface area (Å²) in [5, 5.41) is 3.20. The maximum absolute atomic E-state index is 6.22. The summed E-state index contributed by atoms with van der Waals surface area (Å²) in [5.41, 5.74) is 6.25. The van der Waals surface area contributed by atoms with Crippen molar-refractivity contribution in [3.05, 3.63) is 128 Å². The number of fused-ring (bicyclic) bond motifs is 5. The van der Waals surface area contributed by atoms with E-state index in [9.17, 15) is 0 Å². The molecule has 0 saturated heterocycles. The minimum atomic E-state index is 0. The summed E-state index contributed by atoms with van der Waals surface area (Å²) < 4.78 is 6.22. The van der Waals surface area contributed by atoms with Gasteiger partial charge in [0.1, 0.15) is 11.1 Å². The molecule has 7 aromatic rings. The first-order valence-corrected chi connectivity index (χ1v) is 11.3. The van der Waals surface area contributed by atoms with Gasteiger partial charge in [0.2, 0.25) is 0 Å². The van der Waals surface area contributed by atoms with Crippen molar-refractivity contribution in [2.75, 3.05) is 0 Å². The molecule has 0 N–H and O–H groups in total. The molecule has 0 aliphatic carbocycles. The van der Waals surface area contributed by atoms with Crippen LogP contribution in [-0.4, -0.2) is 15.0 Å². The van der Waals surface area contributed by atoms with Gasteiger partial charge in [-0.05, 0) is 29.6 Å². The number of nitrogens with zero attached hydrogens (tertiary/aromatic N) is 3. The second kappa shape index (κ2) is 10.6. The number of pyridine rings is 3. The molecule has 0 spiro atoms. The molecule has 4 nitrogen and oxygen atoms in total. The Bertz CT molecular complexity index is 1700. The maximum atomic E-state index is 6.22. The molecular formula is C31H19IrN3O-2. The summed E-state index contributed by atoms with van der Waals surface area (Å²) in [7, 11) is 0. The van der Waals surface area contributed by atoms with Crippen LogP contribution in [0.1, 0.15) is 0 Å². The second-order valence-electron chi connectivity index (χ2n) is 7.92. The van der Waals surface area contributed by atoms with Gasteiger partial charge >= 0.3 is 0 Å². The quantitative estimate of drug-likeness (QED) is 0.183. The summed E-state index contributed by atoms with van der Waals surface area (Å²) in [6, 6.07) is 38.0. The van der Waals surface area contributed by atoms with E-state index in [0.29, 0.717) is 0 Å². The Morgan fingerprint density at radius 3 is 2.06 bits per heavy atom. The van der Waals surface area contributed by atoms with Crippen LogP contribution >= 0.6 is 0 Å². The normalized spacial score (nSPS) is 10.6. The fourth-order valence-corrected chi connectivity index (χ4v) is 4.11. The molecular weight excluding hydrogens is 623 g/mol. The summed E-state index contributed by atoms with van der Waals surface area (Å²) in [6.45, 7) is 0. The van der Waals surface area contributed by atoms with Crippen LogP contribution < -0.4 is 0 Å². The largest absolute Gasteiger partial charge is 0.498 e. The van der Waals surface area contributed by atoms with Gasteiger partial charge in [-0.25, -0.2) is 0 Å². The minimum absolute atomic E-state index is 0. The van der Waals surface area contributed by atoms with E-state index in [1.165, 1.54) is 0 Å². The van der Waals surface area contributed by atoms with Gasteiger partial charge in [0.15, 0.2) is 0 Å². The van der Waals surface area contributed by atoms with E-state index in [-0.39, 0.29) is 20.1 Å². The SMILES string of the molecule is [Ir].[c-]1ccc2c(oc3c2ccc2cccnc23)c1-c1ccccn1.[c-]1ccccc1-c1ccccn1. The number of hydrogen-bond acceptors (Lipinski definition) is 4. The van der Waals surface area contributed by atoms with Crippen molar-refractivity contribution in [2.24, 2.45) is 0 Å². The number of benzene rings is 3. The van der Waals surface area contributed by atoms with Crippen molar-refractivity contribution >= 4 is 32.8 Å². The molecule has 0 amide bonds. The molecule has 3 aromatic carbocycles. The Kier molecular flexibility index (Phi) is 6.94. The Hall–Kier alpha value is -4.18. The molecule has 0 fully saturated rings. The van der Waals surface area contributed by atoms with Gasteiger partial charge in [-0.2, -0.15) is 0 Å². The molecule has 36 heavy (non-hydrogen) atoms. The van der Waals surface area contributed by atoms with Crippen LogP contribution in [0.3, 0.4) is 0 Å². The van der Waals surface area contributed by atoms with Gasteiger partial charge in [-0.1, -0.05) is 53.4 Å². The predicted octanol–water partition coefficient (Wildman–Crippen LogP) is 7.54. The van der Waals surface area contributed by atoms with Gasteiger partial charge in [-0.3, -0.25) is 4.98 Å². The third-order valence-corrected chi connectivity index (χ3v) is 5.74. The molecule has 0 saturated carbocycles. The average molecular weight is 642 g/mol. The van der Waals surface area contributed by atoms with Crippen molar-refractivity contribution in [3.8, 4) is 22.5 Å². The van der Waals surface area contributed by atoms with E-state index in [4.69, 9.17) is 4.42 Å². The van der Waals surface area contributed by atoms with E-state index >= 15 is 0 Å². The summed E-state index contributed by atoms with van der Waals surface area (Å²) in [4.78, 5) is 13.1. The van der Waals surface area contributed by atoms with Crippen LogP contribution in [0.5, 0.6) is 0 Å². The van der Waals surface area contributed by atoms with Gasteiger partial charge in [0.05, 0.1) is 5.58 Å². The fraction of sp³-hybridized carbons (Fsp3) is 0. The molecule has 4 heterocycles. The topological polar surface area (TPSA) is 51.8 Å². The Morgan fingerprint density at radius 2 is 1.31 bits per heavy atom. The third kappa shape index (κ3) is 4.54. The van der Waals surface area contributed by atoms with Crippen molar-refractivity contribution < 1.29 is 24.5 Å². The van der Waals surface area contributed by atoms with Gasteiger partial charge in [0, 0.05) is 49.5 Å². The smallest absolute Gasteiger partial charge is 0.147 e. The molecule has 7 rings (SSSR count). The van der Waals surface area contributed by atoms with Crippen LogP contribution in [0.15, 0.2) is 120 Å². The first-order chi connectivity index (χ1) is 17.4. The molecule has 0 atom stereocenters. The molecule has 0 aliphatic heterocycles. The zero-order valence-corrected chi connectivity index (χ0v) is 21.4. The molecule has 175 valence electrons. The summed E-state index contributed by atoms with van der Waals surface area (Å²) in [6.07, 6.45) is 5.36. The van der Waals surface area contributed by atoms with Gasteiger partial charge < -0.3 is 14.4 Å². The standard InChI is InChI=1S/C20H11N2O.C11H8N.Ir/c1-2-11-21-17(8-1)16-7-3-6-14-15-10-9-13-5-4-12-22-18(13)20(15)23-19(14)16;1-2-6-10(7-3-1)11-8-4-5-9-12-11;/h1-6,8-12H;1-6,8-9H;/q2*-1;. The number of hydrogen-bond donors (Lipinski definition) is 0. The first-order valence-electron chi connectivity index (χ1n) is 11.3. The van der Waals surface area contributed by atoms with E-state index in [1.807, 2.05) is 84.9 Å². The first kappa shape index (κ1) is 23.6. The van der Waals surface area contributed by atoms with Crippen LogP contribution in [0.2, 0.25) is 0 Å². The maximum Gasteiger partial charge on any atom is 0.147 e. The van der Waals surface area contributed by atoms with E-state index in [1.54, 1.807) is 18.6 Å². The second-order valence-corrected chi connectivity index (χ2v) is 7.92. The number of rotatable bonds is 2. The molecule has 0 unspecified atom stereocenters. The van der Waals surface area contributed by atoms with Gasteiger partial charge in [-0.15, -0.1) is 54.1 Å². The van der Waals surface area contributed by atoms with Crippen LogP contribution in [0, 0.1) is 12.1 Å². The van der Waals surface area contributed by atoms with Crippen molar-refractivity contribution in [2.45, 2.75) is 0 Å². The van der Waals surface area contributed by atoms with Crippen molar-refractivity contribution in [1.82, 2.24) is 15.0 Å². The predicted molar refractivity (Wildman–Crippen MR) is 140 cm³/mol. The minimum Gasteiger partial charge on any atom is -0.498 e. The van der Waals surface area contributed by atoms with Crippen molar-refractivity contribution in [3.63, 3.8) is 0 Å². The van der Waals surface area contributed by atoms with E-state index in [0.717, 1.165) is 55.4 Å². The summed E-state index contributed by atoms with van der Waals surface area (Å²) in [5.74, 6) is 0. The van der Waals surface area contributed by atoms with Gasteiger partial charge in [0.25, 0.3) is 0 Å². The molecule has 4 aromatic heterocycles. The Balaban J connectivity index is 0.000000175. The molecule has 0 bridgehead atoms. The molecule has 5 heteroatoms.